The van der Waals surface area contributed by atoms with E-state index in [2.05, 4.69) is 9.84 Å². The average Bonchev–Trinajstić information content (AvgIpc) is 2.14. The predicted molar refractivity (Wildman–Crippen MR) is 50.5 cm³/mol. The smallest absolute Gasteiger partial charge is 0.327 e. The quantitative estimate of drug-likeness (QED) is 0.711. The zero-order valence-electron chi connectivity index (χ0n) is 7.16. The van der Waals surface area contributed by atoms with Crippen LogP contribution in [0.3, 0.4) is 0 Å². The van der Waals surface area contributed by atoms with Gasteiger partial charge in [0.15, 0.2) is 5.15 Å². The molecule has 0 atom stereocenters. The highest BCUT2D eigenvalue weighted by atomic mass is 35.5. The van der Waals surface area contributed by atoms with Crippen molar-refractivity contribution in [1.82, 2.24) is 9.78 Å². The molecule has 1 heterocycles. The fraction of sp³-hybridized carbons (Fsp3) is 0.286. The maximum Gasteiger partial charge on any atom is 0.327 e. The van der Waals surface area contributed by atoms with Crippen LogP contribution in [0, 0.1) is 0 Å². The zero-order valence-corrected chi connectivity index (χ0v) is 8.67. The first-order valence-electron chi connectivity index (χ1n) is 3.54. The van der Waals surface area contributed by atoms with Crippen LogP contribution in [-0.2, 0) is 16.1 Å². The molecular formula is C7H6Cl2N2O3. The normalized spacial score (nSPS) is 9.93. The van der Waals surface area contributed by atoms with Crippen LogP contribution in [0.5, 0.6) is 0 Å². The molecule has 0 aliphatic rings. The molecule has 0 aliphatic heterocycles. The SMILES string of the molecule is COC(=O)Cn1nc(Cl)c(Cl)cc1=O. The number of esters is 1. The maximum atomic E-state index is 11.2. The lowest BCUT2D eigenvalue weighted by atomic mass is 10.5. The summed E-state index contributed by atoms with van der Waals surface area (Å²) < 4.78 is 5.24. The Morgan fingerprint density at radius 3 is 2.86 bits per heavy atom. The second-order valence-electron chi connectivity index (χ2n) is 2.36. The third kappa shape index (κ3) is 2.46. The van der Waals surface area contributed by atoms with E-state index in [1.165, 1.54) is 7.11 Å². The number of aromatic nitrogens is 2. The highest BCUT2D eigenvalue weighted by Crippen LogP contribution is 2.14. The minimum absolute atomic E-state index is 0.0323. The van der Waals surface area contributed by atoms with Crippen LogP contribution in [0.2, 0.25) is 10.2 Å². The van der Waals surface area contributed by atoms with Crippen molar-refractivity contribution in [1.29, 1.82) is 0 Å². The van der Waals surface area contributed by atoms with Gasteiger partial charge in [-0.25, -0.2) is 4.68 Å². The number of rotatable bonds is 2. The highest BCUT2D eigenvalue weighted by molar-refractivity contribution is 6.41. The standard InChI is InChI=1S/C7H6Cl2N2O3/c1-14-6(13)3-11-5(12)2-4(8)7(9)10-11/h2H,3H2,1H3. The lowest BCUT2D eigenvalue weighted by Crippen LogP contribution is -2.26. The summed E-state index contributed by atoms with van der Waals surface area (Å²) in [7, 11) is 1.21. The van der Waals surface area contributed by atoms with Crippen LogP contribution >= 0.6 is 23.2 Å². The number of nitrogens with zero attached hydrogens (tertiary/aromatic N) is 2. The number of carbonyl (C=O) groups is 1. The van der Waals surface area contributed by atoms with Gasteiger partial charge in [0.1, 0.15) is 6.54 Å². The third-order valence-corrected chi connectivity index (χ3v) is 2.08. The number of carbonyl (C=O) groups excluding carboxylic acids is 1. The van der Waals surface area contributed by atoms with E-state index >= 15 is 0 Å². The summed E-state index contributed by atoms with van der Waals surface area (Å²) in [6.07, 6.45) is 0. The molecule has 1 aromatic heterocycles. The van der Waals surface area contributed by atoms with E-state index in [9.17, 15) is 9.59 Å². The van der Waals surface area contributed by atoms with Gasteiger partial charge in [-0.05, 0) is 0 Å². The van der Waals surface area contributed by atoms with Crippen LogP contribution < -0.4 is 5.56 Å². The van der Waals surface area contributed by atoms with E-state index < -0.39 is 11.5 Å². The average molecular weight is 237 g/mol. The van der Waals surface area contributed by atoms with Gasteiger partial charge in [-0.15, -0.1) is 0 Å². The largest absolute Gasteiger partial charge is 0.468 e. The van der Waals surface area contributed by atoms with Gasteiger partial charge in [-0.1, -0.05) is 23.2 Å². The van der Waals surface area contributed by atoms with E-state index in [0.717, 1.165) is 10.7 Å². The molecule has 0 unspecified atom stereocenters. The van der Waals surface area contributed by atoms with Gasteiger partial charge in [-0.3, -0.25) is 9.59 Å². The van der Waals surface area contributed by atoms with E-state index in [4.69, 9.17) is 23.2 Å². The second kappa shape index (κ2) is 4.43. The van der Waals surface area contributed by atoms with Gasteiger partial charge in [0.25, 0.3) is 5.56 Å². The van der Waals surface area contributed by atoms with E-state index in [1.54, 1.807) is 0 Å². The van der Waals surface area contributed by atoms with Gasteiger partial charge in [0.2, 0.25) is 0 Å². The summed E-state index contributed by atoms with van der Waals surface area (Å²) in [5, 5.41) is 3.62. The molecule has 0 fully saturated rings. The molecule has 0 spiro atoms. The fourth-order valence-electron chi connectivity index (χ4n) is 0.746. The third-order valence-electron chi connectivity index (χ3n) is 1.42. The van der Waals surface area contributed by atoms with Crippen molar-refractivity contribution in [3.05, 3.63) is 26.6 Å². The summed E-state index contributed by atoms with van der Waals surface area (Å²) >= 11 is 11.1. The van der Waals surface area contributed by atoms with Gasteiger partial charge < -0.3 is 4.74 Å². The summed E-state index contributed by atoms with van der Waals surface area (Å²) in [6, 6.07) is 1.08. The van der Waals surface area contributed by atoms with E-state index in [0.29, 0.717) is 0 Å². The Bertz CT molecular complexity index is 416. The molecule has 14 heavy (non-hydrogen) atoms. The summed E-state index contributed by atoms with van der Waals surface area (Å²) in [4.78, 5) is 22.0. The monoisotopic (exact) mass is 236 g/mol. The minimum Gasteiger partial charge on any atom is -0.468 e. The first-order valence-corrected chi connectivity index (χ1v) is 4.30. The molecule has 0 aliphatic carbocycles. The van der Waals surface area contributed by atoms with Crippen molar-refractivity contribution in [2.75, 3.05) is 7.11 Å². The molecule has 7 heteroatoms. The Morgan fingerprint density at radius 1 is 1.64 bits per heavy atom. The summed E-state index contributed by atoms with van der Waals surface area (Å²) in [5.41, 5.74) is -0.509. The number of methoxy groups -OCH3 is 1. The Kier molecular flexibility index (Phi) is 3.49. The van der Waals surface area contributed by atoms with Gasteiger partial charge >= 0.3 is 5.97 Å². The molecular weight excluding hydrogens is 231 g/mol. The molecule has 0 saturated carbocycles. The lowest BCUT2D eigenvalue weighted by molar-refractivity contribution is -0.141. The van der Waals surface area contributed by atoms with Crippen LogP contribution in [0.4, 0.5) is 0 Å². The van der Waals surface area contributed by atoms with Gasteiger partial charge in [-0.2, -0.15) is 5.10 Å². The van der Waals surface area contributed by atoms with Crippen molar-refractivity contribution >= 4 is 29.2 Å². The van der Waals surface area contributed by atoms with Crippen molar-refractivity contribution in [2.24, 2.45) is 0 Å². The summed E-state index contributed by atoms with van der Waals surface area (Å²) in [5.74, 6) is -0.585. The van der Waals surface area contributed by atoms with Gasteiger partial charge in [0, 0.05) is 6.07 Å². The fourth-order valence-corrected chi connectivity index (χ4v) is 1.02. The Morgan fingerprint density at radius 2 is 2.29 bits per heavy atom. The Balaban J connectivity index is 3.04. The number of halogens is 2. The molecule has 0 radical (unpaired) electrons. The van der Waals surface area contributed by atoms with Crippen LogP contribution in [-0.4, -0.2) is 22.9 Å². The zero-order chi connectivity index (χ0) is 10.7. The van der Waals surface area contributed by atoms with Crippen LogP contribution in [0.1, 0.15) is 0 Å². The van der Waals surface area contributed by atoms with Crippen molar-refractivity contribution in [3.8, 4) is 0 Å². The molecule has 0 bridgehead atoms. The van der Waals surface area contributed by atoms with Crippen LogP contribution in [0.15, 0.2) is 10.9 Å². The number of ether oxygens (including phenoxy) is 1. The number of hydrogen-bond donors (Lipinski definition) is 0. The Labute approximate surface area is 89.2 Å². The molecule has 0 N–H and O–H groups in total. The topological polar surface area (TPSA) is 61.2 Å². The van der Waals surface area contributed by atoms with E-state index in [-0.39, 0.29) is 16.7 Å². The maximum absolute atomic E-state index is 11.2. The van der Waals surface area contributed by atoms with E-state index in [1.807, 2.05) is 0 Å². The lowest BCUT2D eigenvalue weighted by Gasteiger charge is -2.03. The molecule has 76 valence electrons. The second-order valence-corrected chi connectivity index (χ2v) is 3.12. The molecule has 0 amide bonds. The van der Waals surface area contributed by atoms with Crippen LogP contribution in [0.25, 0.3) is 0 Å². The number of hydrogen-bond acceptors (Lipinski definition) is 4. The van der Waals surface area contributed by atoms with Crippen molar-refractivity contribution in [3.63, 3.8) is 0 Å². The molecule has 0 saturated heterocycles. The van der Waals surface area contributed by atoms with Gasteiger partial charge in [0.05, 0.1) is 12.1 Å². The first-order chi connectivity index (χ1) is 6.54. The molecule has 1 aromatic rings. The molecule has 5 nitrogen and oxygen atoms in total. The molecule has 0 aromatic carbocycles. The van der Waals surface area contributed by atoms with Crippen molar-refractivity contribution < 1.29 is 9.53 Å². The summed E-state index contributed by atoms with van der Waals surface area (Å²) in [6.45, 7) is -0.285. The minimum atomic E-state index is -0.585. The first kappa shape index (κ1) is 11.0. The van der Waals surface area contributed by atoms with Crippen molar-refractivity contribution in [2.45, 2.75) is 6.54 Å². The Hall–Kier alpha value is -1.07. The predicted octanol–water partition coefficient (Wildman–Crippen LogP) is 0.723. The highest BCUT2D eigenvalue weighted by Gasteiger charge is 2.08. The molecule has 1 rings (SSSR count).